The fraction of sp³-hybridized carbons (Fsp3) is 0.590. The first kappa shape index (κ1) is 38.9. The van der Waals surface area contributed by atoms with Crippen molar-refractivity contribution in [2.45, 2.75) is 127 Å². The number of aromatic hydroxyl groups is 1. The molecule has 1 aliphatic heterocycles. The second-order valence-corrected chi connectivity index (χ2v) is 11.7. The Morgan fingerprint density at radius 2 is 1.59 bits per heavy atom. The zero-order valence-electron chi connectivity index (χ0n) is 29.7. The van der Waals surface area contributed by atoms with Crippen molar-refractivity contribution in [1.29, 1.82) is 0 Å². The zero-order chi connectivity index (χ0) is 33.3. The molecule has 4 rings (SSSR count). The number of phenolic OH excluding ortho intramolecular Hbond substituents is 1. The summed E-state index contributed by atoms with van der Waals surface area (Å²) in [4.78, 5) is 20.1. The number of benzene rings is 2. The molecule has 0 atom stereocenters. The van der Waals surface area contributed by atoms with Crippen LogP contribution in [0.25, 0.3) is 10.8 Å². The zero-order valence-corrected chi connectivity index (χ0v) is 29.7. The van der Waals surface area contributed by atoms with E-state index >= 15 is 0 Å². The first-order chi connectivity index (χ1) is 21.1. The Balaban J connectivity index is 0.000000695. The molecule has 1 heterocycles. The number of unbranched alkanes of at least 4 members (excludes halogenated alkanes) is 5. The number of carbonyl (C=O) groups excluding carboxylic acids is 1. The fourth-order valence-corrected chi connectivity index (χ4v) is 5.29. The Kier molecular flexibility index (Phi) is 17.7. The summed E-state index contributed by atoms with van der Waals surface area (Å²) in [5.74, 6) is 0.600. The van der Waals surface area contributed by atoms with Crippen LogP contribution in [-0.2, 0) is 4.74 Å². The van der Waals surface area contributed by atoms with Crippen LogP contribution in [0.4, 0.5) is 0 Å². The van der Waals surface area contributed by atoms with Gasteiger partial charge in [0.1, 0.15) is 5.75 Å². The topological polar surface area (TPSA) is 62.1 Å². The van der Waals surface area contributed by atoms with Gasteiger partial charge in [0.2, 0.25) is 0 Å². The highest BCUT2D eigenvalue weighted by atomic mass is 16.5. The van der Waals surface area contributed by atoms with E-state index in [0.29, 0.717) is 36.6 Å². The number of aryl methyl sites for hydroxylation is 1. The van der Waals surface area contributed by atoms with Crippen molar-refractivity contribution in [2.75, 3.05) is 19.7 Å². The predicted molar refractivity (Wildman–Crippen MR) is 191 cm³/mol. The van der Waals surface area contributed by atoms with Crippen molar-refractivity contribution in [3.63, 3.8) is 0 Å². The van der Waals surface area contributed by atoms with Gasteiger partial charge in [-0.2, -0.15) is 0 Å². The van der Waals surface area contributed by atoms with E-state index in [9.17, 15) is 9.90 Å². The number of hydrogen-bond acceptors (Lipinski definition) is 4. The van der Waals surface area contributed by atoms with Crippen LogP contribution in [0.2, 0.25) is 0 Å². The van der Waals surface area contributed by atoms with Gasteiger partial charge >= 0.3 is 0 Å². The number of rotatable bonds is 11. The molecule has 1 fully saturated rings. The summed E-state index contributed by atoms with van der Waals surface area (Å²) < 4.78 is 5.97. The van der Waals surface area contributed by atoms with E-state index in [1.165, 1.54) is 51.4 Å². The lowest BCUT2D eigenvalue weighted by Crippen LogP contribution is -2.29. The van der Waals surface area contributed by atoms with Crippen LogP contribution in [0.15, 0.2) is 58.7 Å². The number of ether oxygens (including phenoxy) is 1. The van der Waals surface area contributed by atoms with Crippen LogP contribution in [0.1, 0.15) is 136 Å². The molecular weight excluding hydrogens is 544 g/mol. The monoisotopic (exact) mass is 606 g/mol. The maximum Gasteiger partial charge on any atom is 0.255 e. The van der Waals surface area contributed by atoms with Gasteiger partial charge in [-0.15, -0.1) is 0 Å². The summed E-state index contributed by atoms with van der Waals surface area (Å²) in [5.41, 5.74) is 4.54. The number of phenols is 1. The van der Waals surface area contributed by atoms with E-state index in [0.717, 1.165) is 39.6 Å². The fourth-order valence-electron chi connectivity index (χ4n) is 5.29. The first-order valence-corrected chi connectivity index (χ1v) is 17.2. The number of fused-ring (bicyclic) bond motifs is 1. The molecule has 1 N–H and O–H groups in total. The lowest BCUT2D eigenvalue weighted by Gasteiger charge is -2.19. The minimum Gasteiger partial charge on any atom is -0.508 e. The van der Waals surface area contributed by atoms with Gasteiger partial charge in [-0.3, -0.25) is 4.79 Å². The summed E-state index contributed by atoms with van der Waals surface area (Å²) in [6.45, 7) is 26.2. The number of carbonyl (C=O) groups is 1. The Labute approximate surface area is 269 Å². The SMILES string of the molecule is C=C(C)C1=C(N=C(C)OCC2(CC)CC2)CN(C(=O)c2cc(O)cc3cccc(C)c23)C1.CC.CC.CCCCCCCC. The highest BCUT2D eigenvalue weighted by Crippen LogP contribution is 2.48. The van der Waals surface area contributed by atoms with E-state index in [2.05, 4.69) is 27.4 Å². The maximum absolute atomic E-state index is 13.5. The highest BCUT2D eigenvalue weighted by Gasteiger charge is 2.41. The molecule has 0 saturated heterocycles. The van der Waals surface area contributed by atoms with Crippen molar-refractivity contribution < 1.29 is 14.6 Å². The van der Waals surface area contributed by atoms with Crippen LogP contribution in [0.3, 0.4) is 0 Å². The van der Waals surface area contributed by atoms with E-state index in [4.69, 9.17) is 9.73 Å². The number of nitrogens with zero attached hydrogens (tertiary/aromatic N) is 2. The molecule has 1 amide bonds. The van der Waals surface area contributed by atoms with Gasteiger partial charge in [-0.25, -0.2) is 4.99 Å². The quantitative estimate of drug-likeness (QED) is 0.157. The molecule has 2 aromatic carbocycles. The second kappa shape index (κ2) is 20.0. The molecule has 0 aromatic heterocycles. The second-order valence-electron chi connectivity index (χ2n) is 11.7. The standard InChI is InChI=1S/C27H32N2O3.C8H18.2C2H6/c1-6-27(10-11-27)16-32-19(5)28-24-15-29(14-23(24)17(2)3)26(31)22-13-21(30)12-20-9-7-8-18(4)25(20)22;1-3-5-7-8-6-4-2;2*1-2/h7-9,12-13,30H,2,6,10-11,14-16H2,1,3-5H3;3-8H2,1-2H3;2*1-2H3. The molecule has 5 nitrogen and oxygen atoms in total. The summed E-state index contributed by atoms with van der Waals surface area (Å²) in [6, 6.07) is 9.09. The molecular formula is C39H62N2O3. The molecule has 0 spiro atoms. The van der Waals surface area contributed by atoms with Crippen molar-refractivity contribution in [1.82, 2.24) is 4.90 Å². The molecule has 0 radical (unpaired) electrons. The first-order valence-electron chi connectivity index (χ1n) is 17.2. The third-order valence-electron chi connectivity index (χ3n) is 8.28. The van der Waals surface area contributed by atoms with Crippen molar-refractivity contribution in [3.8, 4) is 5.75 Å². The number of amides is 1. The molecule has 0 bridgehead atoms. The predicted octanol–water partition coefficient (Wildman–Crippen LogP) is 11.2. The van der Waals surface area contributed by atoms with E-state index in [-0.39, 0.29) is 11.7 Å². The third kappa shape index (κ3) is 11.4. The Morgan fingerprint density at radius 1 is 0.977 bits per heavy atom. The molecule has 1 aliphatic carbocycles. The number of hydrogen-bond donors (Lipinski definition) is 1. The largest absolute Gasteiger partial charge is 0.508 e. The molecule has 0 unspecified atom stereocenters. The lowest BCUT2D eigenvalue weighted by atomic mass is 9.98. The van der Waals surface area contributed by atoms with E-state index in [1.807, 2.05) is 66.7 Å². The summed E-state index contributed by atoms with van der Waals surface area (Å²) in [5, 5.41) is 11.9. The van der Waals surface area contributed by atoms with Gasteiger partial charge in [0.05, 0.1) is 24.4 Å². The van der Waals surface area contributed by atoms with Gasteiger partial charge in [-0.05, 0) is 67.2 Å². The molecule has 5 heteroatoms. The normalized spacial score (nSPS) is 15.0. The molecule has 2 aromatic rings. The van der Waals surface area contributed by atoms with Gasteiger partial charge in [0, 0.05) is 18.9 Å². The average Bonchev–Trinajstić information content (AvgIpc) is 3.70. The lowest BCUT2D eigenvalue weighted by molar-refractivity contribution is 0.0797. The van der Waals surface area contributed by atoms with Crippen LogP contribution >= 0.6 is 0 Å². The highest BCUT2D eigenvalue weighted by molar-refractivity contribution is 6.09. The Morgan fingerprint density at radius 3 is 2.11 bits per heavy atom. The third-order valence-corrected chi connectivity index (χ3v) is 8.28. The summed E-state index contributed by atoms with van der Waals surface area (Å²) >= 11 is 0. The molecule has 44 heavy (non-hydrogen) atoms. The molecule has 2 aliphatic rings. The van der Waals surface area contributed by atoms with Crippen LogP contribution < -0.4 is 0 Å². The summed E-state index contributed by atoms with van der Waals surface area (Å²) in [6.07, 6.45) is 12.0. The molecule has 1 saturated carbocycles. The minimum atomic E-state index is -0.120. The summed E-state index contributed by atoms with van der Waals surface area (Å²) in [7, 11) is 0. The molecule has 246 valence electrons. The van der Waals surface area contributed by atoms with Gasteiger partial charge < -0.3 is 14.7 Å². The van der Waals surface area contributed by atoms with Crippen molar-refractivity contribution >= 4 is 22.6 Å². The van der Waals surface area contributed by atoms with Gasteiger partial charge in [0.25, 0.3) is 5.91 Å². The minimum absolute atomic E-state index is 0.0890. The smallest absolute Gasteiger partial charge is 0.255 e. The van der Waals surface area contributed by atoms with Crippen LogP contribution in [-0.4, -0.2) is 41.5 Å². The van der Waals surface area contributed by atoms with E-state index in [1.54, 1.807) is 17.0 Å². The van der Waals surface area contributed by atoms with E-state index < -0.39 is 0 Å². The van der Waals surface area contributed by atoms with Crippen molar-refractivity contribution in [3.05, 3.63) is 64.9 Å². The Hall–Kier alpha value is -3.08. The van der Waals surface area contributed by atoms with Crippen LogP contribution in [0.5, 0.6) is 5.75 Å². The number of aliphatic imine (C=N–C) groups is 1. The Bertz CT molecular complexity index is 1250. The van der Waals surface area contributed by atoms with Crippen molar-refractivity contribution in [2.24, 2.45) is 10.4 Å². The van der Waals surface area contributed by atoms with Gasteiger partial charge in [0.15, 0.2) is 5.90 Å². The van der Waals surface area contributed by atoms with Gasteiger partial charge in [-0.1, -0.05) is 117 Å². The van der Waals surface area contributed by atoms with Crippen LogP contribution in [0, 0.1) is 12.3 Å². The maximum atomic E-state index is 13.5. The average molecular weight is 607 g/mol.